The molecule has 1 amide bonds. The van der Waals surface area contributed by atoms with E-state index in [1.807, 2.05) is 12.1 Å². The van der Waals surface area contributed by atoms with Crippen LogP contribution in [0.15, 0.2) is 53.4 Å². The van der Waals surface area contributed by atoms with E-state index in [9.17, 15) is 13.2 Å². The van der Waals surface area contributed by atoms with Gasteiger partial charge in [0.2, 0.25) is 10.0 Å². The van der Waals surface area contributed by atoms with Crippen LogP contribution in [0.5, 0.6) is 5.75 Å². The van der Waals surface area contributed by atoms with Crippen molar-refractivity contribution in [1.82, 2.24) is 14.1 Å². The van der Waals surface area contributed by atoms with Crippen LogP contribution in [0.4, 0.5) is 0 Å². The second-order valence-electron chi connectivity index (χ2n) is 8.43. The molecular weight excluding hydrogens is 462 g/mol. The number of hydrogen-bond donors (Lipinski definition) is 0. The number of piperazine rings is 1. The second-order valence-corrected chi connectivity index (χ2v) is 10.8. The van der Waals surface area contributed by atoms with Gasteiger partial charge in [0.05, 0.1) is 4.90 Å². The van der Waals surface area contributed by atoms with Crippen molar-refractivity contribution in [2.75, 3.05) is 52.4 Å². The van der Waals surface area contributed by atoms with Gasteiger partial charge in [-0.25, -0.2) is 8.42 Å². The highest BCUT2D eigenvalue weighted by Gasteiger charge is 2.28. The highest BCUT2D eigenvalue weighted by atomic mass is 35.5. The molecule has 0 saturated carbocycles. The van der Waals surface area contributed by atoms with Gasteiger partial charge in [-0.2, -0.15) is 4.31 Å². The maximum Gasteiger partial charge on any atom is 0.253 e. The first-order valence-electron chi connectivity index (χ1n) is 11.4. The Labute approximate surface area is 200 Å². The summed E-state index contributed by atoms with van der Waals surface area (Å²) >= 11 is 5.89. The lowest BCUT2D eigenvalue weighted by molar-refractivity contribution is 0.0620. The molecule has 0 aromatic heterocycles. The standard InChI is InChI=1S/C24H30ClN3O4S/c25-21-7-9-22(10-8-21)32-18-17-26-13-15-27(16-14-26)24(29)20-5-4-6-23(19-20)33(30,31)28-11-2-1-3-12-28/h4-10,19H,1-3,11-18H2. The normalized spacial score (nSPS) is 18.3. The molecule has 0 N–H and O–H groups in total. The summed E-state index contributed by atoms with van der Waals surface area (Å²) in [5, 5.41) is 0.678. The summed E-state index contributed by atoms with van der Waals surface area (Å²) in [5.41, 5.74) is 0.424. The minimum absolute atomic E-state index is 0.122. The van der Waals surface area contributed by atoms with Crippen molar-refractivity contribution >= 4 is 27.5 Å². The van der Waals surface area contributed by atoms with Crippen LogP contribution in [0.1, 0.15) is 29.6 Å². The molecular formula is C24H30ClN3O4S. The van der Waals surface area contributed by atoms with Crippen LogP contribution in [0, 0.1) is 0 Å². The number of hydrogen-bond acceptors (Lipinski definition) is 5. The number of carbonyl (C=O) groups excluding carboxylic acids is 1. The molecule has 2 saturated heterocycles. The highest BCUT2D eigenvalue weighted by Crippen LogP contribution is 2.22. The molecule has 2 aromatic rings. The molecule has 178 valence electrons. The average Bonchev–Trinajstić information content (AvgIpc) is 2.86. The minimum atomic E-state index is -3.56. The van der Waals surface area contributed by atoms with Crippen molar-refractivity contribution in [2.45, 2.75) is 24.2 Å². The Morgan fingerprint density at radius 2 is 1.61 bits per heavy atom. The number of sulfonamides is 1. The van der Waals surface area contributed by atoms with Crippen molar-refractivity contribution in [3.05, 3.63) is 59.1 Å². The van der Waals surface area contributed by atoms with Crippen molar-refractivity contribution < 1.29 is 17.9 Å². The Hall–Kier alpha value is -2.13. The van der Waals surface area contributed by atoms with Crippen molar-refractivity contribution in [3.8, 4) is 5.75 Å². The van der Waals surface area contributed by atoms with Gasteiger partial charge in [-0.15, -0.1) is 0 Å². The van der Waals surface area contributed by atoms with E-state index in [1.54, 1.807) is 35.2 Å². The van der Waals surface area contributed by atoms with E-state index < -0.39 is 10.0 Å². The first kappa shape index (κ1) is 24.0. The number of amides is 1. The van der Waals surface area contributed by atoms with Gasteiger partial charge >= 0.3 is 0 Å². The molecule has 0 atom stereocenters. The average molecular weight is 492 g/mol. The molecule has 7 nitrogen and oxygen atoms in total. The molecule has 33 heavy (non-hydrogen) atoms. The summed E-state index contributed by atoms with van der Waals surface area (Å²) in [6.07, 6.45) is 2.82. The monoisotopic (exact) mass is 491 g/mol. The fourth-order valence-corrected chi connectivity index (χ4v) is 5.91. The molecule has 0 spiro atoms. The molecule has 4 rings (SSSR count). The van der Waals surface area contributed by atoms with Gasteiger partial charge in [0, 0.05) is 56.4 Å². The Kier molecular flexibility index (Phi) is 7.90. The zero-order valence-corrected chi connectivity index (χ0v) is 20.2. The van der Waals surface area contributed by atoms with Crippen molar-refractivity contribution in [1.29, 1.82) is 0 Å². The molecule has 2 fully saturated rings. The first-order valence-corrected chi connectivity index (χ1v) is 13.3. The van der Waals surface area contributed by atoms with Crippen molar-refractivity contribution in [3.63, 3.8) is 0 Å². The lowest BCUT2D eigenvalue weighted by atomic mass is 10.2. The van der Waals surface area contributed by atoms with Gasteiger partial charge in [-0.1, -0.05) is 24.1 Å². The zero-order chi connectivity index (χ0) is 23.3. The largest absolute Gasteiger partial charge is 0.492 e. The summed E-state index contributed by atoms with van der Waals surface area (Å²) in [5.74, 6) is 0.662. The van der Waals surface area contributed by atoms with Gasteiger partial charge in [0.25, 0.3) is 5.91 Å². The second kappa shape index (κ2) is 10.9. The van der Waals surface area contributed by atoms with Crippen LogP contribution < -0.4 is 4.74 Å². The SMILES string of the molecule is O=C(c1cccc(S(=O)(=O)N2CCCCC2)c1)N1CCN(CCOc2ccc(Cl)cc2)CC1. The smallest absolute Gasteiger partial charge is 0.253 e. The van der Waals surface area contributed by atoms with E-state index >= 15 is 0 Å². The Balaban J connectivity index is 1.29. The molecule has 0 radical (unpaired) electrons. The topological polar surface area (TPSA) is 70.2 Å². The maximum absolute atomic E-state index is 13.1. The number of benzene rings is 2. The molecule has 2 aromatic carbocycles. The molecule has 2 aliphatic heterocycles. The predicted octanol–water partition coefficient (Wildman–Crippen LogP) is 3.35. The summed E-state index contributed by atoms with van der Waals surface area (Å²) in [7, 11) is -3.56. The van der Waals surface area contributed by atoms with Crippen LogP contribution in [-0.2, 0) is 10.0 Å². The number of rotatable bonds is 7. The molecule has 0 unspecified atom stereocenters. The van der Waals surface area contributed by atoms with Crippen LogP contribution in [0.3, 0.4) is 0 Å². The molecule has 0 bridgehead atoms. The first-order chi connectivity index (χ1) is 15.9. The van der Waals surface area contributed by atoms with E-state index in [0.29, 0.717) is 43.4 Å². The van der Waals surface area contributed by atoms with E-state index in [2.05, 4.69) is 4.90 Å². The Bertz CT molecular complexity index is 1050. The fourth-order valence-electron chi connectivity index (χ4n) is 4.22. The van der Waals surface area contributed by atoms with Gasteiger partial charge in [0.1, 0.15) is 12.4 Å². The van der Waals surface area contributed by atoms with Crippen LogP contribution >= 0.6 is 11.6 Å². The molecule has 9 heteroatoms. The highest BCUT2D eigenvalue weighted by molar-refractivity contribution is 7.89. The molecule has 2 heterocycles. The van der Waals surface area contributed by atoms with E-state index in [4.69, 9.17) is 16.3 Å². The number of carbonyl (C=O) groups is 1. The van der Waals surface area contributed by atoms with Gasteiger partial charge in [0.15, 0.2) is 0 Å². The molecule has 0 aliphatic carbocycles. The van der Waals surface area contributed by atoms with Gasteiger partial charge in [-0.05, 0) is 55.3 Å². The van der Waals surface area contributed by atoms with E-state index in [0.717, 1.165) is 44.6 Å². The third-order valence-electron chi connectivity index (χ3n) is 6.18. The minimum Gasteiger partial charge on any atom is -0.492 e. The summed E-state index contributed by atoms with van der Waals surface area (Å²) in [6, 6.07) is 13.8. The summed E-state index contributed by atoms with van der Waals surface area (Å²) in [6.45, 7) is 5.13. The number of piperidine rings is 1. The lowest BCUT2D eigenvalue weighted by Crippen LogP contribution is -2.49. The lowest BCUT2D eigenvalue weighted by Gasteiger charge is -2.34. The summed E-state index contributed by atoms with van der Waals surface area (Å²) in [4.78, 5) is 17.3. The van der Waals surface area contributed by atoms with Gasteiger partial charge < -0.3 is 9.64 Å². The maximum atomic E-state index is 13.1. The number of ether oxygens (including phenoxy) is 1. The van der Waals surface area contributed by atoms with Gasteiger partial charge in [-0.3, -0.25) is 9.69 Å². The third-order valence-corrected chi connectivity index (χ3v) is 8.33. The van der Waals surface area contributed by atoms with E-state index in [1.165, 1.54) is 10.4 Å². The zero-order valence-electron chi connectivity index (χ0n) is 18.7. The predicted molar refractivity (Wildman–Crippen MR) is 128 cm³/mol. The third kappa shape index (κ3) is 6.06. The van der Waals surface area contributed by atoms with E-state index in [-0.39, 0.29) is 10.8 Å². The quantitative estimate of drug-likeness (QED) is 0.594. The van der Waals surface area contributed by atoms with Crippen molar-refractivity contribution in [2.24, 2.45) is 0 Å². The van der Waals surface area contributed by atoms with Crippen LogP contribution in [0.25, 0.3) is 0 Å². The number of halogens is 1. The fraction of sp³-hybridized carbons (Fsp3) is 0.458. The Morgan fingerprint density at radius 1 is 0.909 bits per heavy atom. The van der Waals surface area contributed by atoms with Crippen LogP contribution in [0.2, 0.25) is 5.02 Å². The summed E-state index contributed by atoms with van der Waals surface area (Å²) < 4.78 is 33.2. The Morgan fingerprint density at radius 3 is 2.30 bits per heavy atom. The van der Waals surface area contributed by atoms with Crippen LogP contribution in [-0.4, -0.2) is 80.9 Å². The number of nitrogens with zero attached hydrogens (tertiary/aromatic N) is 3. The molecule has 2 aliphatic rings.